The molecule has 0 saturated carbocycles. The van der Waals surface area contributed by atoms with Gasteiger partial charge in [0.05, 0.1) is 0 Å². The van der Waals surface area contributed by atoms with Crippen molar-refractivity contribution in [1.29, 1.82) is 0 Å². The minimum Gasteiger partial charge on any atom is -0.399 e. The van der Waals surface area contributed by atoms with E-state index in [2.05, 4.69) is 50.4 Å². The average molecular weight is 256 g/mol. The number of nitrogens with one attached hydrogen (secondary N) is 1. The molecule has 0 heterocycles. The van der Waals surface area contributed by atoms with E-state index in [0.29, 0.717) is 0 Å². The zero-order valence-corrected chi connectivity index (χ0v) is 12.5. The summed E-state index contributed by atoms with van der Waals surface area (Å²) in [5.74, 6) is 0. The van der Waals surface area contributed by atoms with E-state index in [1.807, 2.05) is 26.1 Å². The third kappa shape index (κ3) is 4.02. The Balaban J connectivity index is 0.000000191. The van der Waals surface area contributed by atoms with Crippen LogP contribution in [0.15, 0.2) is 36.4 Å². The van der Waals surface area contributed by atoms with Crippen molar-refractivity contribution in [3.63, 3.8) is 0 Å². The van der Waals surface area contributed by atoms with Crippen molar-refractivity contribution in [3.05, 3.63) is 58.7 Å². The van der Waals surface area contributed by atoms with Gasteiger partial charge in [-0.2, -0.15) is 0 Å². The van der Waals surface area contributed by atoms with Gasteiger partial charge in [0.25, 0.3) is 0 Å². The Hall–Kier alpha value is -1.96. The summed E-state index contributed by atoms with van der Waals surface area (Å²) in [5, 5.41) is 3.14. The summed E-state index contributed by atoms with van der Waals surface area (Å²) in [6, 6.07) is 12.2. The number of hydrogen-bond acceptors (Lipinski definition) is 2. The highest BCUT2D eigenvalue weighted by Gasteiger charge is 1.95. The van der Waals surface area contributed by atoms with E-state index in [-0.39, 0.29) is 0 Å². The maximum atomic E-state index is 5.62. The second-order valence-corrected chi connectivity index (χ2v) is 4.79. The van der Waals surface area contributed by atoms with Gasteiger partial charge in [-0.1, -0.05) is 24.3 Å². The first-order valence-corrected chi connectivity index (χ1v) is 6.53. The highest BCUT2D eigenvalue weighted by atomic mass is 14.8. The van der Waals surface area contributed by atoms with Crippen molar-refractivity contribution in [2.24, 2.45) is 0 Å². The van der Waals surface area contributed by atoms with Crippen LogP contribution in [0.3, 0.4) is 0 Å². The lowest BCUT2D eigenvalue weighted by molar-refractivity contribution is 1.32. The molecule has 2 aromatic rings. The van der Waals surface area contributed by atoms with Crippen molar-refractivity contribution in [3.8, 4) is 0 Å². The number of nitrogens with two attached hydrogens (primary N) is 1. The van der Waals surface area contributed by atoms with Crippen LogP contribution in [0.25, 0.3) is 0 Å². The number of anilines is 2. The van der Waals surface area contributed by atoms with E-state index < -0.39 is 0 Å². The molecule has 0 radical (unpaired) electrons. The fourth-order valence-electron chi connectivity index (χ4n) is 1.80. The molecule has 0 aliphatic heterocycles. The summed E-state index contributed by atoms with van der Waals surface area (Å²) in [5.41, 5.74) is 12.9. The van der Waals surface area contributed by atoms with E-state index in [1.54, 1.807) is 0 Å². The van der Waals surface area contributed by atoms with E-state index in [1.165, 1.54) is 27.9 Å². The Bertz CT molecular complexity index is 525. The molecule has 0 aliphatic carbocycles. The molecule has 0 aromatic heterocycles. The lowest BCUT2D eigenvalue weighted by Gasteiger charge is -2.06. The van der Waals surface area contributed by atoms with Crippen LogP contribution < -0.4 is 11.1 Å². The standard InChI is InChI=1S/C9H13N.C8H11N/c1-7-5-4-6-9(10-3)8(7)2;1-6-4-3-5-8(9)7(6)2/h4-6,10H,1-3H3;3-5H,9H2,1-2H3. The molecule has 0 atom stereocenters. The summed E-state index contributed by atoms with van der Waals surface area (Å²) in [6.45, 7) is 8.34. The third-order valence-electron chi connectivity index (χ3n) is 3.52. The van der Waals surface area contributed by atoms with Crippen LogP contribution in [0.2, 0.25) is 0 Å². The lowest BCUT2D eigenvalue weighted by Crippen LogP contribution is -1.92. The van der Waals surface area contributed by atoms with Gasteiger partial charge in [0.2, 0.25) is 0 Å². The van der Waals surface area contributed by atoms with Crippen molar-refractivity contribution in [2.75, 3.05) is 18.1 Å². The van der Waals surface area contributed by atoms with Gasteiger partial charge < -0.3 is 11.1 Å². The second kappa shape index (κ2) is 6.83. The predicted octanol–water partition coefficient (Wildman–Crippen LogP) is 4.23. The normalized spacial score (nSPS) is 9.53. The first kappa shape index (κ1) is 15.1. The number of rotatable bonds is 1. The Morgan fingerprint density at radius 1 is 0.789 bits per heavy atom. The van der Waals surface area contributed by atoms with Crippen LogP contribution in [0.4, 0.5) is 11.4 Å². The van der Waals surface area contributed by atoms with Crippen molar-refractivity contribution in [2.45, 2.75) is 27.7 Å². The van der Waals surface area contributed by atoms with Gasteiger partial charge in [-0.15, -0.1) is 0 Å². The van der Waals surface area contributed by atoms with Crippen LogP contribution in [-0.4, -0.2) is 7.05 Å². The molecule has 0 bridgehead atoms. The van der Waals surface area contributed by atoms with Crippen LogP contribution >= 0.6 is 0 Å². The topological polar surface area (TPSA) is 38.0 Å². The molecule has 2 heteroatoms. The van der Waals surface area contributed by atoms with Crippen LogP contribution in [0, 0.1) is 27.7 Å². The number of hydrogen-bond donors (Lipinski definition) is 2. The zero-order chi connectivity index (χ0) is 14.4. The highest BCUT2D eigenvalue weighted by Crippen LogP contribution is 2.16. The van der Waals surface area contributed by atoms with E-state index >= 15 is 0 Å². The molecule has 0 amide bonds. The van der Waals surface area contributed by atoms with Gasteiger partial charge in [-0.25, -0.2) is 0 Å². The smallest absolute Gasteiger partial charge is 0.0369 e. The monoisotopic (exact) mass is 256 g/mol. The molecule has 0 spiro atoms. The minimum absolute atomic E-state index is 0.884. The van der Waals surface area contributed by atoms with Gasteiger partial charge >= 0.3 is 0 Å². The van der Waals surface area contributed by atoms with Gasteiger partial charge in [0, 0.05) is 18.4 Å². The van der Waals surface area contributed by atoms with Crippen LogP contribution in [0.1, 0.15) is 22.3 Å². The van der Waals surface area contributed by atoms with Gasteiger partial charge in [-0.3, -0.25) is 0 Å². The first-order chi connectivity index (χ1) is 8.97. The molecule has 2 nitrogen and oxygen atoms in total. The Morgan fingerprint density at radius 2 is 1.32 bits per heavy atom. The summed E-state index contributed by atoms with van der Waals surface area (Å²) in [7, 11) is 1.95. The summed E-state index contributed by atoms with van der Waals surface area (Å²) in [4.78, 5) is 0. The van der Waals surface area contributed by atoms with E-state index in [0.717, 1.165) is 5.69 Å². The highest BCUT2D eigenvalue weighted by molar-refractivity contribution is 5.53. The maximum Gasteiger partial charge on any atom is 0.0369 e. The fourth-order valence-corrected chi connectivity index (χ4v) is 1.80. The van der Waals surface area contributed by atoms with Gasteiger partial charge in [0.15, 0.2) is 0 Å². The van der Waals surface area contributed by atoms with Crippen LogP contribution in [-0.2, 0) is 0 Å². The molecule has 19 heavy (non-hydrogen) atoms. The first-order valence-electron chi connectivity index (χ1n) is 6.53. The summed E-state index contributed by atoms with van der Waals surface area (Å²) >= 11 is 0. The SMILES string of the molecule is CNc1cccc(C)c1C.Cc1cccc(N)c1C. The van der Waals surface area contributed by atoms with Crippen LogP contribution in [0.5, 0.6) is 0 Å². The molecule has 3 N–H and O–H groups in total. The molecule has 0 unspecified atom stereocenters. The molecule has 2 aromatic carbocycles. The second-order valence-electron chi connectivity index (χ2n) is 4.79. The van der Waals surface area contributed by atoms with Gasteiger partial charge in [-0.05, 0) is 62.1 Å². The number of aryl methyl sites for hydroxylation is 2. The summed E-state index contributed by atoms with van der Waals surface area (Å²) in [6.07, 6.45) is 0. The average Bonchev–Trinajstić information content (AvgIpc) is 2.40. The van der Waals surface area contributed by atoms with Crippen molar-refractivity contribution < 1.29 is 0 Å². The van der Waals surface area contributed by atoms with Crippen molar-refractivity contribution >= 4 is 11.4 Å². The molecular formula is C17H24N2. The molecule has 2 rings (SSSR count). The van der Waals surface area contributed by atoms with E-state index in [9.17, 15) is 0 Å². The number of benzene rings is 2. The lowest BCUT2D eigenvalue weighted by atomic mass is 10.1. The van der Waals surface area contributed by atoms with Gasteiger partial charge in [0.1, 0.15) is 0 Å². The molecular weight excluding hydrogens is 232 g/mol. The Kier molecular flexibility index (Phi) is 5.43. The Morgan fingerprint density at radius 3 is 1.74 bits per heavy atom. The Labute approximate surface area is 116 Å². The maximum absolute atomic E-state index is 5.62. The van der Waals surface area contributed by atoms with Crippen molar-refractivity contribution in [1.82, 2.24) is 0 Å². The third-order valence-corrected chi connectivity index (χ3v) is 3.52. The largest absolute Gasteiger partial charge is 0.399 e. The summed E-state index contributed by atoms with van der Waals surface area (Å²) < 4.78 is 0. The molecule has 0 aliphatic rings. The molecule has 0 saturated heterocycles. The molecule has 0 fully saturated rings. The minimum atomic E-state index is 0.884. The predicted molar refractivity (Wildman–Crippen MR) is 85.8 cm³/mol. The fraction of sp³-hybridized carbons (Fsp3) is 0.294. The quantitative estimate of drug-likeness (QED) is 0.749. The van der Waals surface area contributed by atoms with E-state index in [4.69, 9.17) is 5.73 Å². The molecule has 102 valence electrons. The zero-order valence-electron chi connectivity index (χ0n) is 12.5. The number of nitrogen functional groups attached to an aromatic ring is 1.